The van der Waals surface area contributed by atoms with Crippen LogP contribution in [0, 0.1) is 6.92 Å². The molecule has 6 heteroatoms. The first-order valence-corrected chi connectivity index (χ1v) is 7.95. The van der Waals surface area contributed by atoms with Crippen molar-refractivity contribution in [2.45, 2.75) is 19.6 Å². The van der Waals surface area contributed by atoms with E-state index < -0.39 is 5.97 Å². The summed E-state index contributed by atoms with van der Waals surface area (Å²) in [5.41, 5.74) is 1.76. The molecule has 1 aliphatic heterocycles. The Kier molecular flexibility index (Phi) is 5.09. The highest BCUT2D eigenvalue weighted by atomic mass is 16.6. The van der Waals surface area contributed by atoms with Crippen LogP contribution in [0.5, 0.6) is 17.2 Å². The minimum Gasteiger partial charge on any atom is -0.497 e. The Hall–Kier alpha value is -2.73. The van der Waals surface area contributed by atoms with Gasteiger partial charge in [0.15, 0.2) is 0 Å². The Morgan fingerprint density at radius 1 is 1.20 bits per heavy atom. The molecule has 6 nitrogen and oxygen atoms in total. The average Bonchev–Trinajstić information content (AvgIpc) is 3.44. The molecule has 3 rings (SSSR count). The van der Waals surface area contributed by atoms with Gasteiger partial charge >= 0.3 is 5.97 Å². The van der Waals surface area contributed by atoms with Crippen molar-refractivity contribution in [1.29, 1.82) is 0 Å². The number of carbonyl (C=O) groups is 1. The zero-order valence-electron chi connectivity index (χ0n) is 14.2. The van der Waals surface area contributed by atoms with E-state index in [2.05, 4.69) is 0 Å². The Bertz CT molecular complexity index is 749. The molecular weight excluding hydrogens is 324 g/mol. The molecule has 132 valence electrons. The van der Waals surface area contributed by atoms with Crippen molar-refractivity contribution in [3.05, 3.63) is 53.1 Å². The van der Waals surface area contributed by atoms with E-state index in [-0.39, 0.29) is 11.7 Å². The molecule has 0 amide bonds. The fraction of sp³-hybridized carbons (Fsp3) is 0.316. The second kappa shape index (κ2) is 7.44. The Balaban J connectivity index is 1.75. The maximum Gasteiger partial charge on any atom is 0.339 e. The first-order valence-electron chi connectivity index (χ1n) is 7.95. The van der Waals surface area contributed by atoms with Gasteiger partial charge in [0.2, 0.25) is 0 Å². The molecule has 0 bridgehead atoms. The van der Waals surface area contributed by atoms with Crippen LogP contribution >= 0.6 is 0 Å². The molecule has 1 heterocycles. The highest BCUT2D eigenvalue weighted by Gasteiger charge is 2.25. The van der Waals surface area contributed by atoms with Gasteiger partial charge in [-0.05, 0) is 36.8 Å². The Morgan fingerprint density at radius 2 is 1.92 bits per heavy atom. The lowest BCUT2D eigenvalue weighted by molar-refractivity contribution is 0.0691. The van der Waals surface area contributed by atoms with Gasteiger partial charge in [-0.2, -0.15) is 0 Å². The number of benzene rings is 2. The summed E-state index contributed by atoms with van der Waals surface area (Å²) in [6.07, 6.45) is 0.0462. The summed E-state index contributed by atoms with van der Waals surface area (Å²) in [5, 5.41) is 9.36. The molecule has 1 saturated heterocycles. The van der Waals surface area contributed by atoms with Crippen molar-refractivity contribution in [2.75, 3.05) is 20.3 Å². The van der Waals surface area contributed by atoms with Gasteiger partial charge in [-0.25, -0.2) is 4.79 Å². The lowest BCUT2D eigenvalue weighted by atomic mass is 10.1. The Morgan fingerprint density at radius 3 is 2.52 bits per heavy atom. The van der Waals surface area contributed by atoms with Crippen LogP contribution in [0.3, 0.4) is 0 Å². The van der Waals surface area contributed by atoms with E-state index in [1.807, 2.05) is 24.3 Å². The minimum atomic E-state index is -1.03. The number of carboxylic acids is 1. The fourth-order valence-corrected chi connectivity index (χ4v) is 2.41. The molecule has 0 unspecified atom stereocenters. The van der Waals surface area contributed by atoms with Gasteiger partial charge in [-0.1, -0.05) is 12.1 Å². The van der Waals surface area contributed by atoms with Crippen molar-refractivity contribution in [3.8, 4) is 17.2 Å². The third-order valence-corrected chi connectivity index (χ3v) is 3.96. The molecule has 0 radical (unpaired) electrons. The fourth-order valence-electron chi connectivity index (χ4n) is 2.41. The SMILES string of the molecule is COc1ccc(COc2ccc(C(=O)O)c(OC[C@@H]3CO3)c2C)cc1. The number of rotatable bonds is 8. The van der Waals surface area contributed by atoms with Crippen LogP contribution in [0.2, 0.25) is 0 Å². The summed E-state index contributed by atoms with van der Waals surface area (Å²) >= 11 is 0. The number of epoxide rings is 1. The largest absolute Gasteiger partial charge is 0.497 e. The molecule has 2 aromatic rings. The van der Waals surface area contributed by atoms with Crippen LogP contribution in [-0.2, 0) is 11.3 Å². The van der Waals surface area contributed by atoms with Gasteiger partial charge in [-0.15, -0.1) is 0 Å². The number of methoxy groups -OCH3 is 1. The molecule has 0 spiro atoms. The summed E-state index contributed by atoms with van der Waals surface area (Å²) in [7, 11) is 1.62. The molecule has 0 aliphatic carbocycles. The average molecular weight is 344 g/mol. The predicted molar refractivity (Wildman–Crippen MR) is 90.7 cm³/mol. The zero-order chi connectivity index (χ0) is 17.8. The monoisotopic (exact) mass is 344 g/mol. The van der Waals surface area contributed by atoms with Gasteiger partial charge in [-0.3, -0.25) is 0 Å². The first-order chi connectivity index (χ1) is 12.1. The molecule has 0 aromatic heterocycles. The summed E-state index contributed by atoms with van der Waals surface area (Å²) in [5.74, 6) is 0.669. The van der Waals surface area contributed by atoms with E-state index in [0.29, 0.717) is 36.9 Å². The summed E-state index contributed by atoms with van der Waals surface area (Å²) in [6, 6.07) is 10.7. The van der Waals surface area contributed by atoms with E-state index in [1.54, 1.807) is 20.1 Å². The number of ether oxygens (including phenoxy) is 4. The highest BCUT2D eigenvalue weighted by molar-refractivity contribution is 5.91. The summed E-state index contributed by atoms with van der Waals surface area (Å²) < 4.78 is 21.8. The molecule has 1 N–H and O–H groups in total. The van der Waals surface area contributed by atoms with Gasteiger partial charge < -0.3 is 24.1 Å². The lowest BCUT2D eigenvalue weighted by Crippen LogP contribution is -2.10. The van der Waals surface area contributed by atoms with Crippen molar-refractivity contribution >= 4 is 5.97 Å². The smallest absolute Gasteiger partial charge is 0.339 e. The third kappa shape index (κ3) is 4.22. The molecule has 2 aromatic carbocycles. The number of carboxylic acid groups (broad SMARTS) is 1. The normalized spacial score (nSPS) is 15.5. The minimum absolute atomic E-state index is 0.0462. The highest BCUT2D eigenvalue weighted by Crippen LogP contribution is 2.33. The lowest BCUT2D eigenvalue weighted by Gasteiger charge is -2.16. The van der Waals surface area contributed by atoms with Crippen molar-refractivity contribution < 1.29 is 28.8 Å². The quantitative estimate of drug-likeness (QED) is 0.742. The van der Waals surface area contributed by atoms with E-state index in [0.717, 1.165) is 11.3 Å². The van der Waals surface area contributed by atoms with Crippen LogP contribution in [0.1, 0.15) is 21.5 Å². The first kappa shape index (κ1) is 17.1. The third-order valence-electron chi connectivity index (χ3n) is 3.96. The van der Waals surface area contributed by atoms with Gasteiger partial charge in [0.05, 0.1) is 13.7 Å². The van der Waals surface area contributed by atoms with Crippen LogP contribution in [0.15, 0.2) is 36.4 Å². The van der Waals surface area contributed by atoms with Crippen LogP contribution in [0.25, 0.3) is 0 Å². The van der Waals surface area contributed by atoms with Gasteiger partial charge in [0, 0.05) is 5.56 Å². The molecule has 1 aliphatic rings. The number of hydrogen-bond acceptors (Lipinski definition) is 5. The number of hydrogen-bond donors (Lipinski definition) is 1. The topological polar surface area (TPSA) is 77.5 Å². The maximum absolute atomic E-state index is 11.4. The van der Waals surface area contributed by atoms with Crippen molar-refractivity contribution in [1.82, 2.24) is 0 Å². The van der Waals surface area contributed by atoms with Crippen LogP contribution in [-0.4, -0.2) is 37.5 Å². The van der Waals surface area contributed by atoms with E-state index in [4.69, 9.17) is 18.9 Å². The standard InChI is InChI=1S/C19H20O6/c1-12-17(24-9-13-3-5-14(22-2)6-4-13)8-7-16(19(20)21)18(12)25-11-15-10-23-15/h3-8,15H,9-11H2,1-2H3,(H,20,21)/t15-/m0/s1. The second-order valence-electron chi connectivity index (χ2n) is 5.77. The second-order valence-corrected chi connectivity index (χ2v) is 5.77. The Labute approximate surface area is 145 Å². The van der Waals surface area contributed by atoms with Crippen molar-refractivity contribution in [3.63, 3.8) is 0 Å². The maximum atomic E-state index is 11.4. The van der Waals surface area contributed by atoms with Gasteiger partial charge in [0.1, 0.15) is 42.1 Å². The van der Waals surface area contributed by atoms with E-state index in [1.165, 1.54) is 6.07 Å². The van der Waals surface area contributed by atoms with Crippen LogP contribution in [0.4, 0.5) is 0 Å². The summed E-state index contributed by atoms with van der Waals surface area (Å²) in [4.78, 5) is 11.4. The van der Waals surface area contributed by atoms with Crippen molar-refractivity contribution in [2.24, 2.45) is 0 Å². The summed E-state index contributed by atoms with van der Waals surface area (Å²) in [6.45, 7) is 3.14. The molecule has 25 heavy (non-hydrogen) atoms. The van der Waals surface area contributed by atoms with E-state index >= 15 is 0 Å². The molecule has 1 fully saturated rings. The predicted octanol–water partition coefficient (Wildman–Crippen LogP) is 3.06. The van der Waals surface area contributed by atoms with Gasteiger partial charge in [0.25, 0.3) is 0 Å². The number of aromatic carboxylic acids is 1. The zero-order valence-corrected chi connectivity index (χ0v) is 14.2. The van der Waals surface area contributed by atoms with Crippen LogP contribution < -0.4 is 14.2 Å². The molecular formula is C19H20O6. The molecule has 0 saturated carbocycles. The van der Waals surface area contributed by atoms with E-state index in [9.17, 15) is 9.90 Å². The molecule has 1 atom stereocenters.